The maximum atomic E-state index is 13.2. The van der Waals surface area contributed by atoms with Crippen LogP contribution in [0.15, 0.2) is 104 Å². The maximum absolute atomic E-state index is 13.2. The molecule has 0 spiro atoms. The molecule has 1 fully saturated rings. The van der Waals surface area contributed by atoms with Crippen LogP contribution in [0.1, 0.15) is 50.1 Å². The van der Waals surface area contributed by atoms with Gasteiger partial charge in [-0.15, -0.1) is 5.10 Å². The van der Waals surface area contributed by atoms with Crippen LogP contribution in [0.2, 0.25) is 0 Å². The van der Waals surface area contributed by atoms with Crippen molar-refractivity contribution in [1.29, 1.82) is 0 Å². The van der Waals surface area contributed by atoms with Gasteiger partial charge in [0.05, 0.1) is 23.9 Å². The Morgan fingerprint density at radius 2 is 1.74 bits per heavy atom. The summed E-state index contributed by atoms with van der Waals surface area (Å²) in [5.41, 5.74) is 4.37. The SMILES string of the molecule is CC(/C=C1\S/C(=N\N=C\c2ccc(C(C)(C)C)cc2)N(Cc2ccco2)C1=O)=C\c1ccccc1. The van der Waals surface area contributed by atoms with Crippen molar-refractivity contribution in [2.45, 2.75) is 39.7 Å². The molecular formula is C29H29N3O2S. The Morgan fingerprint density at radius 3 is 2.40 bits per heavy atom. The molecular weight excluding hydrogens is 454 g/mol. The number of allylic oxidation sites excluding steroid dienone is 2. The summed E-state index contributed by atoms with van der Waals surface area (Å²) in [5.74, 6) is 0.571. The van der Waals surface area contributed by atoms with Gasteiger partial charge >= 0.3 is 0 Å². The van der Waals surface area contributed by atoms with Crippen LogP contribution in [-0.2, 0) is 16.8 Å². The molecule has 0 radical (unpaired) electrons. The highest BCUT2D eigenvalue weighted by Crippen LogP contribution is 2.33. The number of thioether (sulfide) groups is 1. The molecule has 1 aromatic heterocycles. The number of hydrogen-bond acceptors (Lipinski definition) is 5. The Bertz CT molecular complexity index is 1280. The molecule has 1 aliphatic heterocycles. The molecule has 35 heavy (non-hydrogen) atoms. The van der Waals surface area contributed by atoms with Crippen molar-refractivity contribution in [3.63, 3.8) is 0 Å². The summed E-state index contributed by atoms with van der Waals surface area (Å²) >= 11 is 1.32. The standard InChI is InChI=1S/C29H29N3O2S/c1-21(17-22-9-6-5-7-10-22)18-26-27(33)32(20-25-11-8-16-34-25)28(35-26)31-30-19-23-12-14-24(15-13-23)29(2,3)4/h5-19H,20H2,1-4H3/b21-17+,26-18-,30-19+,31-28-. The fourth-order valence-electron chi connectivity index (χ4n) is 3.56. The second-order valence-corrected chi connectivity index (χ2v) is 10.4. The zero-order valence-corrected chi connectivity index (χ0v) is 21.3. The quantitative estimate of drug-likeness (QED) is 0.215. The van der Waals surface area contributed by atoms with Gasteiger partial charge in [-0.05, 0) is 64.6 Å². The van der Waals surface area contributed by atoms with Gasteiger partial charge < -0.3 is 4.42 Å². The van der Waals surface area contributed by atoms with Crippen molar-refractivity contribution in [2.75, 3.05) is 0 Å². The van der Waals surface area contributed by atoms with E-state index in [4.69, 9.17) is 4.42 Å². The Hall–Kier alpha value is -3.64. The lowest BCUT2D eigenvalue weighted by atomic mass is 9.87. The third kappa shape index (κ3) is 6.49. The van der Waals surface area contributed by atoms with Crippen LogP contribution < -0.4 is 0 Å². The average molecular weight is 484 g/mol. The van der Waals surface area contributed by atoms with Crippen LogP contribution in [0.25, 0.3) is 6.08 Å². The molecule has 0 atom stereocenters. The summed E-state index contributed by atoms with van der Waals surface area (Å²) in [5, 5.41) is 9.20. The van der Waals surface area contributed by atoms with E-state index in [2.05, 4.69) is 43.1 Å². The summed E-state index contributed by atoms with van der Waals surface area (Å²) in [6, 6.07) is 22.0. The highest BCUT2D eigenvalue weighted by molar-refractivity contribution is 8.18. The number of carbonyl (C=O) groups excluding carboxylic acids is 1. The van der Waals surface area contributed by atoms with E-state index < -0.39 is 0 Å². The number of carbonyl (C=O) groups is 1. The molecule has 2 aromatic carbocycles. The number of hydrogen-bond donors (Lipinski definition) is 0. The first-order chi connectivity index (χ1) is 16.8. The Kier molecular flexibility index (Phi) is 7.51. The van der Waals surface area contributed by atoms with Crippen molar-refractivity contribution in [1.82, 2.24) is 4.90 Å². The average Bonchev–Trinajstić information content (AvgIpc) is 3.44. The van der Waals surface area contributed by atoms with E-state index in [1.54, 1.807) is 17.4 Å². The van der Waals surface area contributed by atoms with Gasteiger partial charge in [-0.1, -0.05) is 81.4 Å². The molecule has 1 amide bonds. The monoisotopic (exact) mass is 483 g/mol. The van der Waals surface area contributed by atoms with Crippen molar-refractivity contribution in [3.05, 3.63) is 112 Å². The van der Waals surface area contributed by atoms with Crippen LogP contribution in [0.4, 0.5) is 0 Å². The van der Waals surface area contributed by atoms with Gasteiger partial charge in [-0.25, -0.2) is 0 Å². The zero-order valence-electron chi connectivity index (χ0n) is 20.4. The Labute approximate surface area is 211 Å². The largest absolute Gasteiger partial charge is 0.467 e. The summed E-state index contributed by atoms with van der Waals surface area (Å²) in [4.78, 5) is 15.4. The molecule has 0 saturated carbocycles. The molecule has 0 aliphatic carbocycles. The van der Waals surface area contributed by atoms with E-state index in [-0.39, 0.29) is 11.3 Å². The zero-order chi connectivity index (χ0) is 24.8. The number of furan rings is 1. The van der Waals surface area contributed by atoms with Gasteiger partial charge in [0.25, 0.3) is 5.91 Å². The number of nitrogens with zero attached hydrogens (tertiary/aromatic N) is 3. The summed E-state index contributed by atoms with van der Waals surface area (Å²) < 4.78 is 5.47. The molecule has 0 N–H and O–H groups in total. The van der Waals surface area contributed by atoms with Crippen LogP contribution in [0.3, 0.4) is 0 Å². The van der Waals surface area contributed by atoms with Gasteiger partial charge in [0.15, 0.2) is 5.17 Å². The molecule has 5 nitrogen and oxygen atoms in total. The topological polar surface area (TPSA) is 58.2 Å². The second-order valence-electron chi connectivity index (χ2n) is 9.38. The summed E-state index contributed by atoms with van der Waals surface area (Å²) in [6.07, 6.45) is 7.25. The highest BCUT2D eigenvalue weighted by Gasteiger charge is 2.34. The minimum Gasteiger partial charge on any atom is -0.467 e. The second kappa shape index (κ2) is 10.7. The fourth-order valence-corrected chi connectivity index (χ4v) is 4.54. The van der Waals surface area contributed by atoms with E-state index in [0.717, 1.165) is 16.7 Å². The van der Waals surface area contributed by atoms with Crippen LogP contribution in [0.5, 0.6) is 0 Å². The molecule has 6 heteroatoms. The van der Waals surface area contributed by atoms with Crippen molar-refractivity contribution < 1.29 is 9.21 Å². The lowest BCUT2D eigenvalue weighted by Crippen LogP contribution is -2.28. The minimum atomic E-state index is -0.115. The summed E-state index contributed by atoms with van der Waals surface area (Å²) in [6.45, 7) is 8.84. The van der Waals surface area contributed by atoms with Crippen molar-refractivity contribution in [3.8, 4) is 0 Å². The maximum Gasteiger partial charge on any atom is 0.267 e. The third-order valence-corrected chi connectivity index (χ3v) is 6.46. The first kappa shape index (κ1) is 24.5. The number of amides is 1. The minimum absolute atomic E-state index is 0.0962. The molecule has 1 aliphatic rings. The normalized spacial score (nSPS) is 17.3. The van der Waals surface area contributed by atoms with E-state index >= 15 is 0 Å². The molecule has 2 heterocycles. The predicted molar refractivity (Wildman–Crippen MR) is 145 cm³/mol. The smallest absolute Gasteiger partial charge is 0.267 e. The number of benzene rings is 2. The van der Waals surface area contributed by atoms with Gasteiger partial charge in [-0.3, -0.25) is 9.69 Å². The van der Waals surface area contributed by atoms with E-state index in [1.807, 2.05) is 73.7 Å². The fraction of sp³-hybridized carbons (Fsp3) is 0.207. The van der Waals surface area contributed by atoms with Crippen LogP contribution in [-0.4, -0.2) is 22.2 Å². The van der Waals surface area contributed by atoms with Gasteiger partial charge in [0, 0.05) is 0 Å². The highest BCUT2D eigenvalue weighted by atomic mass is 32.2. The molecule has 0 bridgehead atoms. The van der Waals surface area contributed by atoms with Crippen molar-refractivity contribution in [2.24, 2.45) is 10.2 Å². The lowest BCUT2D eigenvalue weighted by Gasteiger charge is -2.18. The molecule has 4 rings (SSSR count). The first-order valence-electron chi connectivity index (χ1n) is 11.5. The molecule has 1 saturated heterocycles. The number of amidine groups is 1. The molecule has 178 valence electrons. The number of rotatable bonds is 6. The van der Waals surface area contributed by atoms with Gasteiger partial charge in [-0.2, -0.15) is 5.10 Å². The Balaban J connectivity index is 1.57. The van der Waals surface area contributed by atoms with Gasteiger partial charge in [0.2, 0.25) is 0 Å². The third-order valence-electron chi connectivity index (χ3n) is 5.46. The van der Waals surface area contributed by atoms with Gasteiger partial charge in [0.1, 0.15) is 5.76 Å². The van der Waals surface area contributed by atoms with E-state index in [9.17, 15) is 4.79 Å². The van der Waals surface area contributed by atoms with Crippen LogP contribution >= 0.6 is 11.8 Å². The Morgan fingerprint density at radius 1 is 1.00 bits per heavy atom. The first-order valence-corrected chi connectivity index (χ1v) is 12.3. The predicted octanol–water partition coefficient (Wildman–Crippen LogP) is 7.03. The van der Waals surface area contributed by atoms with E-state index in [0.29, 0.717) is 22.4 Å². The lowest BCUT2D eigenvalue weighted by molar-refractivity contribution is -0.122. The van der Waals surface area contributed by atoms with E-state index in [1.165, 1.54) is 17.3 Å². The molecule has 0 unspecified atom stereocenters. The summed E-state index contributed by atoms with van der Waals surface area (Å²) in [7, 11) is 0. The van der Waals surface area contributed by atoms with Crippen molar-refractivity contribution >= 4 is 35.1 Å². The molecule has 3 aromatic rings. The van der Waals surface area contributed by atoms with Crippen LogP contribution in [0, 0.1) is 0 Å².